The first-order valence-electron chi connectivity index (χ1n) is 6.92. The average Bonchev–Trinajstić information content (AvgIpc) is 2.78. The number of anilines is 2. The summed E-state index contributed by atoms with van der Waals surface area (Å²) >= 11 is 0. The van der Waals surface area contributed by atoms with Crippen molar-refractivity contribution in [3.05, 3.63) is 23.8 Å². The number of carbonyl (C=O) groups excluding carboxylic acids is 1. The number of aryl methyl sites for hydroxylation is 1. The standard InChI is InChI=1S/C14H20N2O4S/c1-3-20-10-14(17)15-13-6-5-12(9-11(13)2)16-7-4-8-21(16,18)19/h5-6,9H,3-4,7-8,10H2,1-2H3,(H,15,17). The van der Waals surface area contributed by atoms with E-state index in [-0.39, 0.29) is 18.3 Å². The number of sulfonamides is 1. The Morgan fingerprint density at radius 3 is 2.76 bits per heavy atom. The van der Waals surface area contributed by atoms with Crippen LogP contribution in [0.25, 0.3) is 0 Å². The molecule has 21 heavy (non-hydrogen) atoms. The maximum Gasteiger partial charge on any atom is 0.250 e. The van der Waals surface area contributed by atoms with Crippen molar-refractivity contribution in [1.29, 1.82) is 0 Å². The van der Waals surface area contributed by atoms with Crippen molar-refractivity contribution in [3.8, 4) is 0 Å². The van der Waals surface area contributed by atoms with Crippen molar-refractivity contribution in [2.45, 2.75) is 20.3 Å². The lowest BCUT2D eigenvalue weighted by Crippen LogP contribution is -2.25. The molecule has 0 spiro atoms. The summed E-state index contributed by atoms with van der Waals surface area (Å²) in [6.07, 6.45) is 0.647. The van der Waals surface area contributed by atoms with Crippen molar-refractivity contribution >= 4 is 27.3 Å². The van der Waals surface area contributed by atoms with E-state index < -0.39 is 10.0 Å². The average molecular weight is 312 g/mol. The zero-order valence-corrected chi connectivity index (χ0v) is 13.1. The highest BCUT2D eigenvalue weighted by Crippen LogP contribution is 2.27. The number of benzene rings is 1. The molecule has 0 aliphatic carbocycles. The third-order valence-electron chi connectivity index (χ3n) is 3.31. The summed E-state index contributed by atoms with van der Waals surface area (Å²) in [5.41, 5.74) is 2.13. The van der Waals surface area contributed by atoms with E-state index in [1.807, 2.05) is 13.8 Å². The zero-order valence-electron chi connectivity index (χ0n) is 12.3. The van der Waals surface area contributed by atoms with Gasteiger partial charge in [0.2, 0.25) is 15.9 Å². The van der Waals surface area contributed by atoms with E-state index in [4.69, 9.17) is 4.74 Å². The van der Waals surface area contributed by atoms with Crippen LogP contribution >= 0.6 is 0 Å². The Bertz CT molecular complexity index is 628. The number of nitrogens with one attached hydrogen (secondary N) is 1. The van der Waals surface area contributed by atoms with Gasteiger partial charge in [-0.25, -0.2) is 8.42 Å². The predicted molar refractivity (Wildman–Crippen MR) is 82.1 cm³/mol. The van der Waals surface area contributed by atoms with Crippen molar-refractivity contribution in [3.63, 3.8) is 0 Å². The van der Waals surface area contributed by atoms with Crippen LogP contribution in [0.15, 0.2) is 18.2 Å². The number of ether oxygens (including phenoxy) is 1. The summed E-state index contributed by atoms with van der Waals surface area (Å²) < 4.78 is 30.3. The van der Waals surface area contributed by atoms with Gasteiger partial charge in [-0.2, -0.15) is 0 Å². The van der Waals surface area contributed by atoms with E-state index in [1.54, 1.807) is 18.2 Å². The fourth-order valence-electron chi connectivity index (χ4n) is 2.25. The van der Waals surface area contributed by atoms with E-state index in [9.17, 15) is 13.2 Å². The van der Waals surface area contributed by atoms with Gasteiger partial charge in [0.05, 0.1) is 11.4 Å². The fraction of sp³-hybridized carbons (Fsp3) is 0.500. The van der Waals surface area contributed by atoms with Crippen molar-refractivity contribution < 1.29 is 17.9 Å². The Morgan fingerprint density at radius 2 is 2.19 bits per heavy atom. The maximum atomic E-state index is 11.9. The van der Waals surface area contributed by atoms with Crippen LogP contribution in [0.1, 0.15) is 18.9 Å². The molecule has 0 saturated carbocycles. The normalized spacial score (nSPS) is 17.0. The van der Waals surface area contributed by atoms with Crippen LogP contribution in [0.2, 0.25) is 0 Å². The molecule has 0 radical (unpaired) electrons. The quantitative estimate of drug-likeness (QED) is 0.894. The summed E-state index contributed by atoms with van der Waals surface area (Å²) in [6, 6.07) is 5.22. The first-order valence-corrected chi connectivity index (χ1v) is 8.53. The molecule has 2 rings (SSSR count). The van der Waals surface area contributed by atoms with Gasteiger partial charge in [-0.3, -0.25) is 9.10 Å². The smallest absolute Gasteiger partial charge is 0.250 e. The molecule has 0 unspecified atom stereocenters. The van der Waals surface area contributed by atoms with Gasteiger partial charge in [0.1, 0.15) is 6.61 Å². The van der Waals surface area contributed by atoms with Crippen LogP contribution in [0.4, 0.5) is 11.4 Å². The molecule has 1 fully saturated rings. The van der Waals surface area contributed by atoms with Gasteiger partial charge in [-0.15, -0.1) is 0 Å². The number of carbonyl (C=O) groups is 1. The summed E-state index contributed by atoms with van der Waals surface area (Å²) in [6.45, 7) is 4.67. The minimum absolute atomic E-state index is 0.0121. The molecular weight excluding hydrogens is 292 g/mol. The lowest BCUT2D eigenvalue weighted by atomic mass is 10.1. The largest absolute Gasteiger partial charge is 0.372 e. The third-order valence-corrected chi connectivity index (χ3v) is 5.18. The van der Waals surface area contributed by atoms with Crippen LogP contribution in [0.3, 0.4) is 0 Å². The second kappa shape index (κ2) is 6.44. The van der Waals surface area contributed by atoms with E-state index in [0.717, 1.165) is 5.56 Å². The molecule has 0 bridgehead atoms. The molecule has 6 nitrogen and oxygen atoms in total. The van der Waals surface area contributed by atoms with E-state index in [1.165, 1.54) is 4.31 Å². The van der Waals surface area contributed by atoms with Crippen LogP contribution in [-0.4, -0.2) is 39.8 Å². The lowest BCUT2D eigenvalue weighted by molar-refractivity contribution is -0.120. The van der Waals surface area contributed by atoms with Gasteiger partial charge in [0.15, 0.2) is 0 Å². The maximum absolute atomic E-state index is 11.9. The molecule has 7 heteroatoms. The molecule has 0 aromatic heterocycles. The molecule has 1 N–H and O–H groups in total. The topological polar surface area (TPSA) is 75.7 Å². The molecule has 1 aliphatic rings. The first-order chi connectivity index (χ1) is 9.94. The minimum Gasteiger partial charge on any atom is -0.372 e. The molecule has 1 aromatic rings. The van der Waals surface area contributed by atoms with Gasteiger partial charge in [-0.05, 0) is 44.0 Å². The van der Waals surface area contributed by atoms with Gasteiger partial charge >= 0.3 is 0 Å². The van der Waals surface area contributed by atoms with Crippen LogP contribution in [0, 0.1) is 6.92 Å². The van der Waals surface area contributed by atoms with Crippen LogP contribution in [0.5, 0.6) is 0 Å². The van der Waals surface area contributed by atoms with Crippen molar-refractivity contribution in [2.24, 2.45) is 0 Å². The minimum atomic E-state index is -3.18. The van der Waals surface area contributed by atoms with Gasteiger partial charge in [0.25, 0.3) is 0 Å². The Hall–Kier alpha value is -1.60. The van der Waals surface area contributed by atoms with Gasteiger partial charge in [-0.1, -0.05) is 0 Å². The number of amides is 1. The van der Waals surface area contributed by atoms with Gasteiger partial charge in [0, 0.05) is 18.8 Å². The molecule has 1 aromatic carbocycles. The molecule has 1 aliphatic heterocycles. The first kappa shape index (κ1) is 15.8. The number of hydrogen-bond donors (Lipinski definition) is 1. The Balaban J connectivity index is 2.13. The van der Waals surface area contributed by atoms with E-state index in [0.29, 0.717) is 30.9 Å². The summed E-state index contributed by atoms with van der Waals surface area (Å²) in [5.74, 6) is -0.0275. The molecule has 116 valence electrons. The SMILES string of the molecule is CCOCC(=O)Nc1ccc(N2CCCS2(=O)=O)cc1C. The number of nitrogens with zero attached hydrogens (tertiary/aromatic N) is 1. The highest BCUT2D eigenvalue weighted by atomic mass is 32.2. The number of hydrogen-bond acceptors (Lipinski definition) is 4. The molecule has 1 amide bonds. The van der Waals surface area contributed by atoms with Crippen molar-refractivity contribution in [1.82, 2.24) is 0 Å². The van der Waals surface area contributed by atoms with Crippen LogP contribution < -0.4 is 9.62 Å². The highest BCUT2D eigenvalue weighted by molar-refractivity contribution is 7.93. The van der Waals surface area contributed by atoms with E-state index in [2.05, 4.69) is 5.32 Å². The van der Waals surface area contributed by atoms with Crippen LogP contribution in [-0.2, 0) is 19.6 Å². The second-order valence-electron chi connectivity index (χ2n) is 4.93. The Morgan fingerprint density at radius 1 is 1.43 bits per heavy atom. The molecule has 1 saturated heterocycles. The summed E-state index contributed by atoms with van der Waals surface area (Å²) in [5, 5.41) is 2.75. The molecule has 0 atom stereocenters. The molecule has 1 heterocycles. The fourth-order valence-corrected chi connectivity index (χ4v) is 3.81. The van der Waals surface area contributed by atoms with Crippen molar-refractivity contribution in [2.75, 3.05) is 35.1 Å². The third kappa shape index (κ3) is 3.74. The van der Waals surface area contributed by atoms with Gasteiger partial charge < -0.3 is 10.1 Å². The number of rotatable bonds is 5. The predicted octanol–water partition coefficient (Wildman–Crippen LogP) is 1.51. The Kier molecular flexibility index (Phi) is 4.84. The summed E-state index contributed by atoms with van der Waals surface area (Å²) in [4.78, 5) is 11.6. The zero-order chi connectivity index (χ0) is 15.5. The Labute approximate surface area is 125 Å². The summed E-state index contributed by atoms with van der Waals surface area (Å²) in [7, 11) is -3.18. The monoisotopic (exact) mass is 312 g/mol. The molecular formula is C14H20N2O4S. The highest BCUT2D eigenvalue weighted by Gasteiger charge is 2.28. The second-order valence-corrected chi connectivity index (χ2v) is 6.94. The lowest BCUT2D eigenvalue weighted by Gasteiger charge is -2.18. The van der Waals surface area contributed by atoms with E-state index >= 15 is 0 Å².